The summed E-state index contributed by atoms with van der Waals surface area (Å²) in [5, 5.41) is 3.28. The molecule has 3 nitrogen and oxygen atoms in total. The predicted molar refractivity (Wildman–Crippen MR) is 70.2 cm³/mol. The van der Waals surface area contributed by atoms with Crippen molar-refractivity contribution < 1.29 is 13.9 Å². The van der Waals surface area contributed by atoms with E-state index < -0.39 is 0 Å². The molecule has 1 aromatic rings. The van der Waals surface area contributed by atoms with Crippen molar-refractivity contribution >= 4 is 0 Å². The second kappa shape index (κ2) is 9.03. The fourth-order valence-corrected chi connectivity index (χ4v) is 1.88. The Morgan fingerprint density at radius 2 is 2.00 bits per heavy atom. The lowest BCUT2D eigenvalue weighted by Crippen LogP contribution is -2.29. The van der Waals surface area contributed by atoms with Gasteiger partial charge >= 0.3 is 0 Å². The van der Waals surface area contributed by atoms with E-state index >= 15 is 0 Å². The molecule has 0 amide bonds. The number of rotatable bonds is 9. The van der Waals surface area contributed by atoms with E-state index in [9.17, 15) is 4.39 Å². The second-order valence-electron chi connectivity index (χ2n) is 4.31. The van der Waals surface area contributed by atoms with E-state index in [1.54, 1.807) is 20.3 Å². The van der Waals surface area contributed by atoms with Crippen LogP contribution in [0.2, 0.25) is 0 Å². The Morgan fingerprint density at radius 3 is 2.67 bits per heavy atom. The van der Waals surface area contributed by atoms with Gasteiger partial charge in [-0.25, -0.2) is 4.39 Å². The summed E-state index contributed by atoms with van der Waals surface area (Å²) in [5.41, 5.74) is 0.744. The molecule has 0 spiro atoms. The maximum atomic E-state index is 13.6. The van der Waals surface area contributed by atoms with Crippen LogP contribution in [0.1, 0.15) is 5.56 Å². The van der Waals surface area contributed by atoms with Crippen LogP contribution in [0.15, 0.2) is 24.3 Å². The van der Waals surface area contributed by atoms with Crippen molar-refractivity contribution in [1.82, 2.24) is 5.32 Å². The lowest BCUT2D eigenvalue weighted by atomic mass is 9.99. The van der Waals surface area contributed by atoms with Gasteiger partial charge in [-0.05, 0) is 24.0 Å². The molecular weight excluding hydrogens is 233 g/mol. The summed E-state index contributed by atoms with van der Waals surface area (Å²) >= 11 is 0. The molecule has 1 rings (SSSR count). The Morgan fingerprint density at radius 1 is 1.22 bits per heavy atom. The minimum absolute atomic E-state index is 0.143. The summed E-state index contributed by atoms with van der Waals surface area (Å²) < 4.78 is 23.7. The molecule has 1 N–H and O–H groups in total. The standard InChI is InChI=1S/C14H22FNO2/c1-17-8-7-16-10-12(11-18-2)9-13-5-3-4-6-14(13)15/h3-6,12,16H,7-11H2,1-2H3. The molecule has 0 aliphatic heterocycles. The third-order valence-corrected chi connectivity index (χ3v) is 2.78. The van der Waals surface area contributed by atoms with Crippen molar-refractivity contribution in [2.24, 2.45) is 5.92 Å². The van der Waals surface area contributed by atoms with Crippen LogP contribution in [0.25, 0.3) is 0 Å². The van der Waals surface area contributed by atoms with E-state index in [0.717, 1.165) is 18.7 Å². The maximum absolute atomic E-state index is 13.6. The van der Waals surface area contributed by atoms with Crippen LogP contribution in [0.5, 0.6) is 0 Å². The molecule has 0 radical (unpaired) electrons. The van der Waals surface area contributed by atoms with Crippen LogP contribution < -0.4 is 5.32 Å². The van der Waals surface area contributed by atoms with Gasteiger partial charge in [-0.3, -0.25) is 0 Å². The Bertz CT molecular complexity index is 333. The SMILES string of the molecule is COCCNCC(COC)Cc1ccccc1F. The fourth-order valence-electron chi connectivity index (χ4n) is 1.88. The van der Waals surface area contributed by atoms with E-state index in [1.807, 2.05) is 12.1 Å². The van der Waals surface area contributed by atoms with E-state index in [4.69, 9.17) is 9.47 Å². The summed E-state index contributed by atoms with van der Waals surface area (Å²) in [5.74, 6) is 0.124. The summed E-state index contributed by atoms with van der Waals surface area (Å²) in [6.07, 6.45) is 0.681. The van der Waals surface area contributed by atoms with Crippen LogP contribution in [-0.4, -0.2) is 40.5 Å². The normalized spacial score (nSPS) is 12.6. The van der Waals surface area contributed by atoms with Gasteiger partial charge in [0.25, 0.3) is 0 Å². The Kier molecular flexibility index (Phi) is 7.57. The van der Waals surface area contributed by atoms with E-state index in [1.165, 1.54) is 6.07 Å². The molecule has 0 saturated carbocycles. The number of hydrogen-bond donors (Lipinski definition) is 1. The molecule has 102 valence electrons. The van der Waals surface area contributed by atoms with E-state index in [-0.39, 0.29) is 11.7 Å². The minimum Gasteiger partial charge on any atom is -0.384 e. The van der Waals surface area contributed by atoms with Crippen molar-refractivity contribution in [3.63, 3.8) is 0 Å². The number of halogens is 1. The Hall–Kier alpha value is -0.970. The largest absolute Gasteiger partial charge is 0.384 e. The molecule has 0 bridgehead atoms. The highest BCUT2D eigenvalue weighted by molar-refractivity contribution is 5.17. The number of hydrogen-bond acceptors (Lipinski definition) is 3. The first-order valence-corrected chi connectivity index (χ1v) is 6.20. The zero-order valence-corrected chi connectivity index (χ0v) is 11.1. The monoisotopic (exact) mass is 255 g/mol. The molecule has 1 atom stereocenters. The molecular formula is C14H22FNO2. The molecule has 0 saturated heterocycles. The minimum atomic E-state index is -0.143. The zero-order valence-electron chi connectivity index (χ0n) is 11.1. The summed E-state index contributed by atoms with van der Waals surface area (Å²) in [4.78, 5) is 0. The quantitative estimate of drug-likeness (QED) is 0.683. The number of nitrogens with one attached hydrogen (secondary N) is 1. The summed E-state index contributed by atoms with van der Waals surface area (Å²) in [6, 6.07) is 6.90. The first kappa shape index (κ1) is 15.1. The highest BCUT2D eigenvalue weighted by atomic mass is 19.1. The van der Waals surface area contributed by atoms with Gasteiger partial charge < -0.3 is 14.8 Å². The van der Waals surface area contributed by atoms with Gasteiger partial charge in [0.15, 0.2) is 0 Å². The van der Waals surface area contributed by atoms with Crippen LogP contribution in [0, 0.1) is 11.7 Å². The molecule has 18 heavy (non-hydrogen) atoms. The topological polar surface area (TPSA) is 30.5 Å². The average molecular weight is 255 g/mol. The van der Waals surface area contributed by atoms with Crippen LogP contribution in [0.4, 0.5) is 4.39 Å². The van der Waals surface area contributed by atoms with Gasteiger partial charge in [0, 0.05) is 27.3 Å². The first-order chi connectivity index (χ1) is 8.77. The van der Waals surface area contributed by atoms with Gasteiger partial charge in [-0.15, -0.1) is 0 Å². The van der Waals surface area contributed by atoms with Gasteiger partial charge in [0.1, 0.15) is 5.82 Å². The lowest BCUT2D eigenvalue weighted by Gasteiger charge is -2.17. The predicted octanol–water partition coefficient (Wildman–Crippen LogP) is 1.87. The molecule has 0 fully saturated rings. The molecule has 0 aliphatic carbocycles. The number of methoxy groups -OCH3 is 2. The molecule has 1 unspecified atom stereocenters. The smallest absolute Gasteiger partial charge is 0.126 e. The Balaban J connectivity index is 2.44. The van der Waals surface area contributed by atoms with Crippen molar-refractivity contribution in [1.29, 1.82) is 0 Å². The van der Waals surface area contributed by atoms with Crippen molar-refractivity contribution in [3.05, 3.63) is 35.6 Å². The molecule has 0 heterocycles. The highest BCUT2D eigenvalue weighted by Crippen LogP contribution is 2.12. The van der Waals surface area contributed by atoms with Gasteiger partial charge in [-0.2, -0.15) is 0 Å². The van der Waals surface area contributed by atoms with Crippen LogP contribution >= 0.6 is 0 Å². The van der Waals surface area contributed by atoms with Crippen LogP contribution in [-0.2, 0) is 15.9 Å². The van der Waals surface area contributed by atoms with Crippen LogP contribution in [0.3, 0.4) is 0 Å². The van der Waals surface area contributed by atoms with Gasteiger partial charge in [-0.1, -0.05) is 18.2 Å². The fraction of sp³-hybridized carbons (Fsp3) is 0.571. The van der Waals surface area contributed by atoms with E-state index in [2.05, 4.69) is 5.32 Å². The maximum Gasteiger partial charge on any atom is 0.126 e. The van der Waals surface area contributed by atoms with Crippen molar-refractivity contribution in [2.75, 3.05) is 40.5 Å². The lowest BCUT2D eigenvalue weighted by molar-refractivity contribution is 0.146. The molecule has 0 aromatic heterocycles. The number of benzene rings is 1. The highest BCUT2D eigenvalue weighted by Gasteiger charge is 2.11. The second-order valence-corrected chi connectivity index (χ2v) is 4.31. The van der Waals surface area contributed by atoms with Crippen molar-refractivity contribution in [3.8, 4) is 0 Å². The van der Waals surface area contributed by atoms with Gasteiger partial charge in [0.2, 0.25) is 0 Å². The van der Waals surface area contributed by atoms with Gasteiger partial charge in [0.05, 0.1) is 13.2 Å². The van der Waals surface area contributed by atoms with E-state index in [0.29, 0.717) is 19.6 Å². The summed E-state index contributed by atoms with van der Waals surface area (Å²) in [6.45, 7) is 2.90. The molecule has 0 aliphatic rings. The summed E-state index contributed by atoms with van der Waals surface area (Å²) in [7, 11) is 3.34. The molecule has 4 heteroatoms. The third-order valence-electron chi connectivity index (χ3n) is 2.78. The molecule has 1 aromatic carbocycles. The Labute approximate surface area is 108 Å². The zero-order chi connectivity index (χ0) is 13.2. The number of ether oxygens (including phenoxy) is 2. The third kappa shape index (κ3) is 5.58. The first-order valence-electron chi connectivity index (χ1n) is 6.20. The van der Waals surface area contributed by atoms with Crippen molar-refractivity contribution in [2.45, 2.75) is 6.42 Å². The average Bonchev–Trinajstić information content (AvgIpc) is 2.37.